The highest BCUT2D eigenvalue weighted by Crippen LogP contribution is 2.10. The zero-order chi connectivity index (χ0) is 13.9. The van der Waals surface area contributed by atoms with Gasteiger partial charge in [-0.2, -0.15) is 0 Å². The van der Waals surface area contributed by atoms with Crippen LogP contribution in [-0.2, 0) is 15.8 Å². The van der Waals surface area contributed by atoms with Gasteiger partial charge in [-0.05, 0) is 17.7 Å². The number of benzene rings is 1. The molecule has 0 atom stereocenters. The molecule has 0 saturated heterocycles. The van der Waals surface area contributed by atoms with Crippen molar-refractivity contribution in [1.29, 1.82) is 0 Å². The Labute approximate surface area is 109 Å². The summed E-state index contributed by atoms with van der Waals surface area (Å²) in [4.78, 5) is 17.0. The fourth-order valence-corrected chi connectivity index (χ4v) is 2.58. The van der Waals surface area contributed by atoms with Crippen molar-refractivity contribution in [2.45, 2.75) is 5.75 Å². The van der Waals surface area contributed by atoms with E-state index in [1.54, 1.807) is 0 Å². The van der Waals surface area contributed by atoms with Crippen molar-refractivity contribution in [3.63, 3.8) is 0 Å². The summed E-state index contributed by atoms with van der Waals surface area (Å²) in [5.74, 6) is -1.17. The largest absolute Gasteiger partial charge is 0.478 e. The van der Waals surface area contributed by atoms with Crippen LogP contribution in [0, 0.1) is 0 Å². The van der Waals surface area contributed by atoms with Gasteiger partial charge >= 0.3 is 5.97 Å². The van der Waals surface area contributed by atoms with Crippen molar-refractivity contribution < 1.29 is 18.3 Å². The molecule has 1 aromatic heterocycles. The smallest absolute Gasteiger partial charge is 0.335 e. The van der Waals surface area contributed by atoms with Crippen molar-refractivity contribution in [2.24, 2.45) is 0 Å². The number of carbonyl (C=O) groups is 1. The van der Waals surface area contributed by atoms with E-state index < -0.39 is 16.0 Å². The molecule has 0 radical (unpaired) electrons. The van der Waals surface area contributed by atoms with Gasteiger partial charge in [-0.1, -0.05) is 12.1 Å². The van der Waals surface area contributed by atoms with E-state index in [0.29, 0.717) is 5.56 Å². The standard InChI is InChI=1S/C11H11N3O4S/c15-10(16)9-3-1-8(2-4-9)7-19(17,18)14-11-12-5-6-13-11/h1-6H,7H2,(H,15,16)(H2,12,13,14). The average molecular weight is 281 g/mol. The lowest BCUT2D eigenvalue weighted by molar-refractivity contribution is 0.0697. The summed E-state index contributed by atoms with van der Waals surface area (Å²) in [6.07, 6.45) is 2.93. The Kier molecular flexibility index (Phi) is 3.52. The molecule has 0 aliphatic heterocycles. The van der Waals surface area contributed by atoms with Crippen LogP contribution in [0.4, 0.5) is 5.95 Å². The second-order valence-electron chi connectivity index (χ2n) is 3.80. The fraction of sp³-hybridized carbons (Fsp3) is 0.0909. The fourth-order valence-electron chi connectivity index (χ4n) is 1.47. The molecular weight excluding hydrogens is 270 g/mol. The van der Waals surface area contributed by atoms with Crippen LogP contribution in [0.2, 0.25) is 0 Å². The molecule has 1 aromatic carbocycles. The Bertz CT molecular complexity index is 662. The van der Waals surface area contributed by atoms with Crippen LogP contribution in [0.15, 0.2) is 36.7 Å². The Morgan fingerprint density at radius 2 is 2.00 bits per heavy atom. The van der Waals surface area contributed by atoms with Crippen LogP contribution in [0.3, 0.4) is 0 Å². The normalized spacial score (nSPS) is 11.2. The SMILES string of the molecule is O=C(O)c1ccc(CS(=O)(=O)Nc2ncc[nH]2)cc1. The Balaban J connectivity index is 2.09. The molecule has 0 aliphatic carbocycles. The van der Waals surface area contributed by atoms with E-state index in [4.69, 9.17) is 5.11 Å². The molecule has 8 heteroatoms. The second-order valence-corrected chi connectivity index (χ2v) is 5.52. The lowest BCUT2D eigenvalue weighted by Crippen LogP contribution is -2.16. The first-order chi connectivity index (χ1) is 8.96. The molecule has 0 aliphatic rings. The molecule has 3 N–H and O–H groups in total. The number of nitrogens with one attached hydrogen (secondary N) is 2. The molecule has 0 spiro atoms. The summed E-state index contributed by atoms with van der Waals surface area (Å²) in [6.45, 7) is 0. The average Bonchev–Trinajstić information content (AvgIpc) is 2.81. The first kappa shape index (κ1) is 13.1. The zero-order valence-corrected chi connectivity index (χ0v) is 10.5. The molecule has 0 fully saturated rings. The van der Waals surface area contributed by atoms with Crippen molar-refractivity contribution in [3.05, 3.63) is 47.8 Å². The van der Waals surface area contributed by atoms with Gasteiger partial charge in [0.05, 0.1) is 11.3 Å². The third-order valence-electron chi connectivity index (χ3n) is 2.31. The van der Waals surface area contributed by atoms with Crippen molar-refractivity contribution in [2.75, 3.05) is 4.72 Å². The minimum absolute atomic E-state index is 0.111. The molecule has 19 heavy (non-hydrogen) atoms. The van der Waals surface area contributed by atoms with E-state index in [-0.39, 0.29) is 17.3 Å². The number of rotatable bonds is 5. The zero-order valence-electron chi connectivity index (χ0n) is 9.70. The number of aromatic amines is 1. The molecule has 0 bridgehead atoms. The van der Waals surface area contributed by atoms with Crippen LogP contribution in [0.1, 0.15) is 15.9 Å². The number of aromatic carboxylic acids is 1. The third-order valence-corrected chi connectivity index (χ3v) is 3.53. The number of hydrogen-bond acceptors (Lipinski definition) is 4. The lowest BCUT2D eigenvalue weighted by Gasteiger charge is -2.05. The number of carboxylic acids is 1. The van der Waals surface area contributed by atoms with Gasteiger partial charge in [-0.15, -0.1) is 0 Å². The van der Waals surface area contributed by atoms with Gasteiger partial charge in [0.2, 0.25) is 16.0 Å². The van der Waals surface area contributed by atoms with E-state index in [1.807, 2.05) is 0 Å². The number of H-pyrrole nitrogens is 1. The number of sulfonamides is 1. The lowest BCUT2D eigenvalue weighted by atomic mass is 10.1. The van der Waals surface area contributed by atoms with Crippen molar-refractivity contribution in [1.82, 2.24) is 9.97 Å². The van der Waals surface area contributed by atoms with Gasteiger partial charge < -0.3 is 10.1 Å². The molecule has 0 saturated carbocycles. The predicted molar refractivity (Wildman–Crippen MR) is 68.2 cm³/mol. The van der Waals surface area contributed by atoms with E-state index in [0.717, 1.165) is 0 Å². The Hall–Kier alpha value is -2.35. The van der Waals surface area contributed by atoms with E-state index in [2.05, 4.69) is 14.7 Å². The summed E-state index contributed by atoms with van der Waals surface area (Å²) in [5.41, 5.74) is 0.601. The molecule has 1 heterocycles. The monoisotopic (exact) mass is 281 g/mol. The first-order valence-electron chi connectivity index (χ1n) is 5.28. The Morgan fingerprint density at radius 3 is 2.53 bits per heavy atom. The second kappa shape index (κ2) is 5.11. The van der Waals surface area contributed by atoms with Crippen LogP contribution in [-0.4, -0.2) is 29.5 Å². The summed E-state index contributed by atoms with van der Waals surface area (Å²) in [5, 5.41) is 8.74. The maximum Gasteiger partial charge on any atom is 0.335 e. The maximum atomic E-state index is 11.8. The van der Waals surface area contributed by atoms with Crippen LogP contribution < -0.4 is 4.72 Å². The van der Waals surface area contributed by atoms with E-state index >= 15 is 0 Å². The number of carboxylic acid groups (broad SMARTS) is 1. The summed E-state index contributed by atoms with van der Waals surface area (Å²) in [6, 6.07) is 5.65. The van der Waals surface area contributed by atoms with Gasteiger partial charge in [0.15, 0.2) is 0 Å². The molecule has 2 aromatic rings. The number of aromatic nitrogens is 2. The van der Waals surface area contributed by atoms with E-state index in [1.165, 1.54) is 36.7 Å². The van der Waals surface area contributed by atoms with Gasteiger partial charge in [-0.25, -0.2) is 18.2 Å². The van der Waals surface area contributed by atoms with Gasteiger partial charge in [0.1, 0.15) is 0 Å². The van der Waals surface area contributed by atoms with Crippen LogP contribution in [0.25, 0.3) is 0 Å². The van der Waals surface area contributed by atoms with Crippen LogP contribution >= 0.6 is 0 Å². The first-order valence-corrected chi connectivity index (χ1v) is 6.93. The quantitative estimate of drug-likeness (QED) is 0.758. The third kappa shape index (κ3) is 3.55. The number of imidazole rings is 1. The van der Waals surface area contributed by atoms with Crippen molar-refractivity contribution in [3.8, 4) is 0 Å². The topological polar surface area (TPSA) is 112 Å². The molecule has 0 amide bonds. The number of nitrogens with zero attached hydrogens (tertiary/aromatic N) is 1. The number of anilines is 1. The molecule has 7 nitrogen and oxygen atoms in total. The highest BCUT2D eigenvalue weighted by atomic mass is 32.2. The van der Waals surface area contributed by atoms with Gasteiger partial charge in [0, 0.05) is 12.4 Å². The molecular formula is C11H11N3O4S. The van der Waals surface area contributed by atoms with Gasteiger partial charge in [0.25, 0.3) is 0 Å². The summed E-state index contributed by atoms with van der Waals surface area (Å²) >= 11 is 0. The van der Waals surface area contributed by atoms with Crippen molar-refractivity contribution >= 4 is 21.9 Å². The molecule has 0 unspecified atom stereocenters. The number of hydrogen-bond donors (Lipinski definition) is 3. The van der Waals surface area contributed by atoms with E-state index in [9.17, 15) is 13.2 Å². The Morgan fingerprint density at radius 1 is 1.32 bits per heavy atom. The minimum Gasteiger partial charge on any atom is -0.478 e. The summed E-state index contributed by atoms with van der Waals surface area (Å²) in [7, 11) is -3.58. The predicted octanol–water partition coefficient (Wildman–Crippen LogP) is 1.05. The molecule has 2 rings (SSSR count). The maximum absolute atomic E-state index is 11.8. The summed E-state index contributed by atoms with van der Waals surface area (Å²) < 4.78 is 25.9. The minimum atomic E-state index is -3.58. The molecule has 100 valence electrons. The highest BCUT2D eigenvalue weighted by Gasteiger charge is 2.13. The van der Waals surface area contributed by atoms with Crippen LogP contribution in [0.5, 0.6) is 0 Å². The van der Waals surface area contributed by atoms with Gasteiger partial charge in [-0.3, -0.25) is 4.72 Å². The highest BCUT2D eigenvalue weighted by molar-refractivity contribution is 7.91.